The number of hydrogen-bond donors (Lipinski definition) is 2. The fraction of sp³-hybridized carbons (Fsp3) is 0.118. The molecule has 2 aromatic carbocycles. The zero-order valence-corrected chi connectivity index (χ0v) is 11.6. The summed E-state index contributed by atoms with van der Waals surface area (Å²) in [5, 5.41) is 7.21. The summed E-state index contributed by atoms with van der Waals surface area (Å²) in [6, 6.07) is 19.9. The van der Waals surface area contributed by atoms with E-state index in [1.807, 2.05) is 60.7 Å². The Morgan fingerprint density at radius 3 is 2.52 bits per heavy atom. The molecule has 0 saturated heterocycles. The SMILES string of the molecule is NCc1cc(-c2ccccc2OCc2ccccc2)n[nH]1. The predicted octanol–water partition coefficient (Wildman–Crippen LogP) is 3.11. The van der Waals surface area contributed by atoms with Gasteiger partial charge in [-0.3, -0.25) is 5.10 Å². The van der Waals surface area contributed by atoms with E-state index < -0.39 is 0 Å². The average molecular weight is 279 g/mol. The summed E-state index contributed by atoms with van der Waals surface area (Å²) >= 11 is 0. The van der Waals surface area contributed by atoms with Crippen molar-refractivity contribution in [3.8, 4) is 17.0 Å². The molecule has 0 bridgehead atoms. The van der Waals surface area contributed by atoms with E-state index in [1.165, 1.54) is 0 Å². The van der Waals surface area contributed by atoms with Gasteiger partial charge in [0.2, 0.25) is 0 Å². The highest BCUT2D eigenvalue weighted by molar-refractivity contribution is 5.67. The number of benzene rings is 2. The number of ether oxygens (including phenoxy) is 1. The lowest BCUT2D eigenvalue weighted by atomic mass is 10.1. The molecule has 3 rings (SSSR count). The molecular weight excluding hydrogens is 262 g/mol. The number of aromatic amines is 1. The van der Waals surface area contributed by atoms with Crippen LogP contribution in [0, 0.1) is 0 Å². The van der Waals surface area contributed by atoms with Crippen LogP contribution in [0.15, 0.2) is 60.7 Å². The normalized spacial score (nSPS) is 10.5. The maximum absolute atomic E-state index is 5.94. The summed E-state index contributed by atoms with van der Waals surface area (Å²) in [7, 11) is 0. The van der Waals surface area contributed by atoms with Crippen LogP contribution < -0.4 is 10.5 Å². The number of para-hydroxylation sites is 1. The fourth-order valence-electron chi connectivity index (χ4n) is 2.14. The number of hydrogen-bond acceptors (Lipinski definition) is 3. The van der Waals surface area contributed by atoms with E-state index >= 15 is 0 Å². The maximum atomic E-state index is 5.94. The summed E-state index contributed by atoms with van der Waals surface area (Å²) in [6.45, 7) is 0.978. The number of H-pyrrole nitrogens is 1. The third-order valence-corrected chi connectivity index (χ3v) is 3.25. The summed E-state index contributed by atoms with van der Waals surface area (Å²) < 4.78 is 5.94. The van der Waals surface area contributed by atoms with Crippen molar-refractivity contribution in [2.45, 2.75) is 13.2 Å². The van der Waals surface area contributed by atoms with Crippen LogP contribution in [0.1, 0.15) is 11.3 Å². The van der Waals surface area contributed by atoms with Gasteiger partial charge < -0.3 is 10.5 Å². The van der Waals surface area contributed by atoms with E-state index in [0.717, 1.165) is 28.3 Å². The molecule has 0 unspecified atom stereocenters. The summed E-state index contributed by atoms with van der Waals surface area (Å²) in [5.41, 5.74) is 9.46. The second-order valence-electron chi connectivity index (χ2n) is 4.75. The standard InChI is InChI=1S/C17H17N3O/c18-11-14-10-16(20-19-14)15-8-4-5-9-17(15)21-12-13-6-2-1-3-7-13/h1-10H,11-12,18H2,(H,19,20). The van der Waals surface area contributed by atoms with E-state index in [2.05, 4.69) is 10.2 Å². The number of nitrogens with two attached hydrogens (primary N) is 1. The van der Waals surface area contributed by atoms with Crippen molar-refractivity contribution in [1.29, 1.82) is 0 Å². The highest BCUT2D eigenvalue weighted by atomic mass is 16.5. The Morgan fingerprint density at radius 1 is 1.00 bits per heavy atom. The first kappa shape index (κ1) is 13.4. The van der Waals surface area contributed by atoms with Crippen molar-refractivity contribution in [3.05, 3.63) is 71.9 Å². The van der Waals surface area contributed by atoms with Gasteiger partial charge in [0.1, 0.15) is 12.4 Å². The van der Waals surface area contributed by atoms with Crippen molar-refractivity contribution in [2.24, 2.45) is 5.73 Å². The zero-order chi connectivity index (χ0) is 14.5. The Bertz CT molecular complexity index is 707. The van der Waals surface area contributed by atoms with E-state index in [0.29, 0.717) is 13.2 Å². The molecule has 0 atom stereocenters. The van der Waals surface area contributed by atoms with Crippen LogP contribution in [0.3, 0.4) is 0 Å². The smallest absolute Gasteiger partial charge is 0.129 e. The van der Waals surface area contributed by atoms with Crippen molar-refractivity contribution < 1.29 is 4.74 Å². The Hall–Kier alpha value is -2.59. The van der Waals surface area contributed by atoms with E-state index in [4.69, 9.17) is 10.5 Å². The Balaban J connectivity index is 1.82. The fourth-order valence-corrected chi connectivity index (χ4v) is 2.14. The molecule has 1 heterocycles. The van der Waals surface area contributed by atoms with Crippen LogP contribution in [0.5, 0.6) is 5.75 Å². The van der Waals surface area contributed by atoms with E-state index in [-0.39, 0.29) is 0 Å². The number of nitrogens with zero attached hydrogens (tertiary/aromatic N) is 1. The lowest BCUT2D eigenvalue weighted by molar-refractivity contribution is 0.307. The molecule has 106 valence electrons. The second-order valence-corrected chi connectivity index (χ2v) is 4.75. The minimum Gasteiger partial charge on any atom is -0.488 e. The van der Waals surface area contributed by atoms with E-state index in [9.17, 15) is 0 Å². The Morgan fingerprint density at radius 2 is 1.76 bits per heavy atom. The van der Waals surface area contributed by atoms with Gasteiger partial charge in [0.15, 0.2) is 0 Å². The number of aromatic nitrogens is 2. The van der Waals surface area contributed by atoms with Crippen molar-refractivity contribution in [2.75, 3.05) is 0 Å². The van der Waals surface area contributed by atoms with Gasteiger partial charge in [-0.2, -0.15) is 5.10 Å². The van der Waals surface area contributed by atoms with Gasteiger partial charge in [0, 0.05) is 17.8 Å². The van der Waals surface area contributed by atoms with Crippen LogP contribution in [0.4, 0.5) is 0 Å². The Kier molecular flexibility index (Phi) is 3.98. The van der Waals surface area contributed by atoms with Gasteiger partial charge in [-0.05, 0) is 23.8 Å². The highest BCUT2D eigenvalue weighted by Gasteiger charge is 2.09. The van der Waals surface area contributed by atoms with Crippen LogP contribution in [0.25, 0.3) is 11.3 Å². The quantitative estimate of drug-likeness (QED) is 0.754. The minimum atomic E-state index is 0.444. The molecule has 21 heavy (non-hydrogen) atoms. The Labute approximate surface area is 123 Å². The van der Waals surface area contributed by atoms with Crippen molar-refractivity contribution in [1.82, 2.24) is 10.2 Å². The average Bonchev–Trinajstić information content (AvgIpc) is 3.03. The first-order chi connectivity index (χ1) is 10.4. The van der Waals surface area contributed by atoms with Crippen LogP contribution in [-0.4, -0.2) is 10.2 Å². The second kappa shape index (κ2) is 6.24. The van der Waals surface area contributed by atoms with Gasteiger partial charge in [-0.15, -0.1) is 0 Å². The van der Waals surface area contributed by atoms with Crippen molar-refractivity contribution in [3.63, 3.8) is 0 Å². The molecule has 0 fully saturated rings. The predicted molar refractivity (Wildman–Crippen MR) is 82.7 cm³/mol. The van der Waals surface area contributed by atoms with Gasteiger partial charge in [0.25, 0.3) is 0 Å². The molecule has 3 aromatic rings. The van der Waals surface area contributed by atoms with Gasteiger partial charge in [0.05, 0.1) is 5.69 Å². The summed E-state index contributed by atoms with van der Waals surface area (Å²) in [6.07, 6.45) is 0. The molecule has 0 saturated carbocycles. The molecule has 0 spiro atoms. The third-order valence-electron chi connectivity index (χ3n) is 3.25. The monoisotopic (exact) mass is 279 g/mol. The van der Waals surface area contributed by atoms with Crippen LogP contribution >= 0.6 is 0 Å². The minimum absolute atomic E-state index is 0.444. The molecule has 0 aliphatic carbocycles. The molecule has 4 heteroatoms. The molecule has 1 aromatic heterocycles. The highest BCUT2D eigenvalue weighted by Crippen LogP contribution is 2.29. The van der Waals surface area contributed by atoms with Gasteiger partial charge in [-0.1, -0.05) is 42.5 Å². The lowest BCUT2D eigenvalue weighted by Crippen LogP contribution is -1.96. The lowest BCUT2D eigenvalue weighted by Gasteiger charge is -2.10. The third kappa shape index (κ3) is 3.12. The molecule has 4 nitrogen and oxygen atoms in total. The first-order valence-electron chi connectivity index (χ1n) is 6.87. The topological polar surface area (TPSA) is 63.9 Å². The van der Waals surface area contributed by atoms with Gasteiger partial charge >= 0.3 is 0 Å². The van der Waals surface area contributed by atoms with Gasteiger partial charge in [-0.25, -0.2) is 0 Å². The molecule has 0 radical (unpaired) electrons. The largest absolute Gasteiger partial charge is 0.488 e. The number of rotatable bonds is 5. The number of nitrogens with one attached hydrogen (secondary N) is 1. The molecule has 0 aliphatic rings. The molecule has 3 N–H and O–H groups in total. The zero-order valence-electron chi connectivity index (χ0n) is 11.6. The summed E-state index contributed by atoms with van der Waals surface area (Å²) in [4.78, 5) is 0. The van der Waals surface area contributed by atoms with Crippen molar-refractivity contribution >= 4 is 0 Å². The molecular formula is C17H17N3O. The van der Waals surface area contributed by atoms with Crippen LogP contribution in [0.2, 0.25) is 0 Å². The first-order valence-corrected chi connectivity index (χ1v) is 6.87. The molecule has 0 amide bonds. The molecule has 0 aliphatic heterocycles. The van der Waals surface area contributed by atoms with Crippen LogP contribution in [-0.2, 0) is 13.2 Å². The maximum Gasteiger partial charge on any atom is 0.129 e. The van der Waals surface area contributed by atoms with E-state index in [1.54, 1.807) is 0 Å². The summed E-state index contributed by atoms with van der Waals surface area (Å²) in [5.74, 6) is 0.816.